The average molecular weight is 433 g/mol. The highest BCUT2D eigenvalue weighted by atomic mass is 35.5. The van der Waals surface area contributed by atoms with Crippen LogP contribution in [0.15, 0.2) is 66.1 Å². The van der Waals surface area contributed by atoms with Gasteiger partial charge in [0.05, 0.1) is 21.9 Å². The number of sulfonamides is 1. The standard InChI is InChI=1S/C20H21ClN4O3S/c1-14(2)24(3)29(27,28)17-7-4-15(5-8-17)20(26)23-16-6-9-19(18(21)12-16)25-11-10-22-13-25/h4-14H,1-3H3,(H,23,26). The quantitative estimate of drug-likeness (QED) is 0.642. The minimum atomic E-state index is -3.59. The van der Waals surface area contributed by atoms with E-state index < -0.39 is 10.0 Å². The lowest BCUT2D eigenvalue weighted by Crippen LogP contribution is -2.33. The summed E-state index contributed by atoms with van der Waals surface area (Å²) in [5, 5.41) is 3.22. The molecule has 3 aromatic rings. The fourth-order valence-corrected chi connectivity index (χ4v) is 4.27. The van der Waals surface area contributed by atoms with Gasteiger partial charge in [-0.25, -0.2) is 13.4 Å². The summed E-state index contributed by atoms with van der Waals surface area (Å²) in [4.78, 5) is 16.6. The molecule has 2 aromatic carbocycles. The molecule has 0 radical (unpaired) electrons. The van der Waals surface area contributed by atoms with Crippen molar-refractivity contribution in [2.24, 2.45) is 0 Å². The van der Waals surface area contributed by atoms with Crippen LogP contribution in [0.2, 0.25) is 5.02 Å². The summed E-state index contributed by atoms with van der Waals surface area (Å²) in [5.41, 5.74) is 1.61. The highest BCUT2D eigenvalue weighted by molar-refractivity contribution is 7.89. The molecule has 152 valence electrons. The van der Waals surface area contributed by atoms with Gasteiger partial charge in [0, 0.05) is 36.7 Å². The third-order valence-electron chi connectivity index (χ3n) is 4.51. The molecule has 1 N–H and O–H groups in total. The summed E-state index contributed by atoms with van der Waals surface area (Å²) >= 11 is 6.31. The van der Waals surface area contributed by atoms with Crippen molar-refractivity contribution >= 4 is 33.2 Å². The maximum atomic E-state index is 12.5. The highest BCUT2D eigenvalue weighted by Gasteiger charge is 2.23. The lowest BCUT2D eigenvalue weighted by atomic mass is 10.2. The Morgan fingerprint density at radius 1 is 1.17 bits per heavy atom. The highest BCUT2D eigenvalue weighted by Crippen LogP contribution is 2.25. The van der Waals surface area contributed by atoms with Crippen molar-refractivity contribution in [1.82, 2.24) is 13.9 Å². The first-order chi connectivity index (χ1) is 13.7. The number of halogens is 1. The Morgan fingerprint density at radius 3 is 2.41 bits per heavy atom. The minimum Gasteiger partial charge on any atom is -0.322 e. The maximum Gasteiger partial charge on any atom is 0.255 e. The van der Waals surface area contributed by atoms with E-state index in [1.54, 1.807) is 55.3 Å². The molecule has 0 atom stereocenters. The fraction of sp³-hybridized carbons (Fsp3) is 0.200. The van der Waals surface area contributed by atoms with Crippen molar-refractivity contribution in [1.29, 1.82) is 0 Å². The summed E-state index contributed by atoms with van der Waals surface area (Å²) in [6, 6.07) is 10.8. The predicted octanol–water partition coefficient (Wildman–Crippen LogP) is 3.81. The lowest BCUT2D eigenvalue weighted by Gasteiger charge is -2.21. The van der Waals surface area contributed by atoms with E-state index >= 15 is 0 Å². The largest absolute Gasteiger partial charge is 0.322 e. The summed E-state index contributed by atoms with van der Waals surface area (Å²) in [7, 11) is -2.07. The number of benzene rings is 2. The van der Waals surface area contributed by atoms with Crippen LogP contribution >= 0.6 is 11.6 Å². The Morgan fingerprint density at radius 2 is 1.86 bits per heavy atom. The molecule has 0 fully saturated rings. The second kappa shape index (κ2) is 8.36. The van der Waals surface area contributed by atoms with E-state index in [4.69, 9.17) is 11.6 Å². The maximum absolute atomic E-state index is 12.5. The van der Waals surface area contributed by atoms with Gasteiger partial charge < -0.3 is 9.88 Å². The number of anilines is 1. The zero-order valence-electron chi connectivity index (χ0n) is 16.2. The third kappa shape index (κ3) is 4.50. The molecule has 29 heavy (non-hydrogen) atoms. The molecule has 0 aliphatic carbocycles. The first-order valence-corrected chi connectivity index (χ1v) is 10.7. The van der Waals surface area contributed by atoms with Gasteiger partial charge in [-0.2, -0.15) is 4.31 Å². The molecular weight excluding hydrogens is 412 g/mol. The van der Waals surface area contributed by atoms with Crippen LogP contribution in [0.3, 0.4) is 0 Å². The molecule has 0 spiro atoms. The number of aromatic nitrogens is 2. The van der Waals surface area contributed by atoms with Gasteiger partial charge in [-0.15, -0.1) is 0 Å². The summed E-state index contributed by atoms with van der Waals surface area (Å²) in [5.74, 6) is -0.363. The Bertz CT molecular complexity index is 1110. The van der Waals surface area contributed by atoms with Crippen LogP contribution in [0, 0.1) is 0 Å². The molecule has 0 saturated carbocycles. The van der Waals surface area contributed by atoms with Gasteiger partial charge >= 0.3 is 0 Å². The van der Waals surface area contributed by atoms with Gasteiger partial charge in [-0.1, -0.05) is 11.6 Å². The van der Waals surface area contributed by atoms with Gasteiger partial charge in [0.15, 0.2) is 0 Å². The number of carbonyl (C=O) groups is 1. The van der Waals surface area contributed by atoms with Crippen LogP contribution in [0.1, 0.15) is 24.2 Å². The van der Waals surface area contributed by atoms with E-state index in [0.29, 0.717) is 16.3 Å². The number of amides is 1. The first kappa shape index (κ1) is 21.0. The SMILES string of the molecule is CC(C)N(C)S(=O)(=O)c1ccc(C(=O)Nc2ccc(-n3ccnc3)c(Cl)c2)cc1. The zero-order valence-corrected chi connectivity index (χ0v) is 17.8. The Hall–Kier alpha value is -2.68. The van der Waals surface area contributed by atoms with Crippen molar-refractivity contribution in [2.75, 3.05) is 12.4 Å². The molecule has 1 heterocycles. The molecular formula is C20H21ClN4O3S. The average Bonchev–Trinajstić information content (AvgIpc) is 3.22. The topological polar surface area (TPSA) is 84.3 Å². The molecule has 9 heteroatoms. The van der Waals surface area contributed by atoms with E-state index in [1.165, 1.54) is 35.6 Å². The Labute approximate surface area is 175 Å². The second-order valence-corrected chi connectivity index (χ2v) is 9.13. The van der Waals surface area contributed by atoms with E-state index in [1.807, 2.05) is 0 Å². The van der Waals surface area contributed by atoms with Gasteiger partial charge in [-0.3, -0.25) is 4.79 Å². The Balaban J connectivity index is 1.75. The van der Waals surface area contributed by atoms with Gasteiger partial charge in [-0.05, 0) is 56.3 Å². The number of hydrogen-bond acceptors (Lipinski definition) is 4. The van der Waals surface area contributed by atoms with E-state index in [0.717, 1.165) is 5.69 Å². The summed E-state index contributed by atoms with van der Waals surface area (Å²) in [6.07, 6.45) is 5.05. The molecule has 1 amide bonds. The normalized spacial score (nSPS) is 11.8. The van der Waals surface area contributed by atoms with Crippen molar-refractivity contribution in [2.45, 2.75) is 24.8 Å². The summed E-state index contributed by atoms with van der Waals surface area (Å²) in [6.45, 7) is 3.59. The van der Waals surface area contributed by atoms with Crippen LogP contribution < -0.4 is 5.32 Å². The van der Waals surface area contributed by atoms with Crippen molar-refractivity contribution in [3.05, 3.63) is 71.8 Å². The van der Waals surface area contributed by atoms with Crippen LogP contribution in [0.25, 0.3) is 5.69 Å². The fourth-order valence-electron chi connectivity index (χ4n) is 2.62. The van der Waals surface area contributed by atoms with Crippen LogP contribution in [0.5, 0.6) is 0 Å². The number of carbonyl (C=O) groups excluding carboxylic acids is 1. The zero-order chi connectivity index (χ0) is 21.2. The minimum absolute atomic E-state index is 0.137. The molecule has 1 aromatic heterocycles. The first-order valence-electron chi connectivity index (χ1n) is 8.87. The van der Waals surface area contributed by atoms with Crippen molar-refractivity contribution in [3.8, 4) is 5.69 Å². The van der Waals surface area contributed by atoms with Crippen LogP contribution in [-0.4, -0.2) is 41.3 Å². The number of nitrogens with one attached hydrogen (secondary N) is 1. The molecule has 0 bridgehead atoms. The van der Waals surface area contributed by atoms with Crippen molar-refractivity contribution < 1.29 is 13.2 Å². The molecule has 0 unspecified atom stereocenters. The smallest absolute Gasteiger partial charge is 0.255 e. The monoisotopic (exact) mass is 432 g/mol. The number of hydrogen-bond donors (Lipinski definition) is 1. The van der Waals surface area contributed by atoms with E-state index in [-0.39, 0.29) is 16.8 Å². The lowest BCUT2D eigenvalue weighted by molar-refractivity contribution is 0.102. The third-order valence-corrected chi connectivity index (χ3v) is 6.86. The molecule has 0 saturated heterocycles. The van der Waals surface area contributed by atoms with Gasteiger partial charge in [0.2, 0.25) is 10.0 Å². The van der Waals surface area contributed by atoms with E-state index in [2.05, 4.69) is 10.3 Å². The molecule has 7 nitrogen and oxygen atoms in total. The summed E-state index contributed by atoms with van der Waals surface area (Å²) < 4.78 is 28.1. The molecule has 3 rings (SSSR count). The number of imidazole rings is 1. The second-order valence-electron chi connectivity index (χ2n) is 6.73. The van der Waals surface area contributed by atoms with Gasteiger partial charge in [0.1, 0.15) is 0 Å². The number of rotatable bonds is 6. The molecule has 0 aliphatic rings. The Kier molecular flexibility index (Phi) is 6.07. The van der Waals surface area contributed by atoms with E-state index in [9.17, 15) is 13.2 Å². The number of nitrogens with zero attached hydrogens (tertiary/aromatic N) is 3. The predicted molar refractivity (Wildman–Crippen MR) is 113 cm³/mol. The van der Waals surface area contributed by atoms with Crippen LogP contribution in [-0.2, 0) is 10.0 Å². The van der Waals surface area contributed by atoms with Crippen LogP contribution in [0.4, 0.5) is 5.69 Å². The van der Waals surface area contributed by atoms with Gasteiger partial charge in [0.25, 0.3) is 5.91 Å². The molecule has 0 aliphatic heterocycles. The van der Waals surface area contributed by atoms with Crippen molar-refractivity contribution in [3.63, 3.8) is 0 Å².